The zero-order valence-electron chi connectivity index (χ0n) is 8.48. The van der Waals surface area contributed by atoms with Gasteiger partial charge in [0.05, 0.1) is 0 Å². The fourth-order valence-corrected chi connectivity index (χ4v) is 2.47. The van der Waals surface area contributed by atoms with Gasteiger partial charge < -0.3 is 0 Å². The number of allylic oxidation sites excluding steroid dienone is 2. The Bertz CT molecular complexity index is 182. The maximum atomic E-state index is 12.9. The van der Waals surface area contributed by atoms with Crippen LogP contribution in [0.15, 0.2) is 25.3 Å². The van der Waals surface area contributed by atoms with Crippen molar-refractivity contribution in [2.24, 2.45) is 0 Å². The lowest BCUT2D eigenvalue weighted by atomic mass is 9.93. The first kappa shape index (κ1) is 13.5. The number of hydrogen-bond acceptors (Lipinski definition) is 0. The maximum absolute atomic E-state index is 12.9. The molecular weight excluding hydrogens is 205 g/mol. The molecule has 0 fully saturated rings. The van der Waals surface area contributed by atoms with Gasteiger partial charge in [-0.15, -0.1) is 13.2 Å². The second-order valence-electron chi connectivity index (χ2n) is 3.85. The molecule has 0 aliphatic rings. The molecule has 14 heavy (non-hydrogen) atoms. The first-order chi connectivity index (χ1) is 6.45. The number of alkyl halides is 3. The topological polar surface area (TPSA) is 0 Å². The molecule has 0 aliphatic heterocycles. The third-order valence-corrected chi connectivity index (χ3v) is 3.46. The van der Waals surface area contributed by atoms with E-state index in [4.69, 9.17) is 0 Å². The van der Waals surface area contributed by atoms with Crippen molar-refractivity contribution >= 4 is 10.2 Å². The van der Waals surface area contributed by atoms with Crippen LogP contribution in [0.2, 0.25) is 5.04 Å². The second kappa shape index (κ2) is 6.06. The summed E-state index contributed by atoms with van der Waals surface area (Å²) in [5.74, 6) is 0. The largest absolute Gasteiger partial charge is 0.269 e. The molecule has 0 saturated heterocycles. The van der Waals surface area contributed by atoms with E-state index in [-0.39, 0.29) is 11.5 Å². The van der Waals surface area contributed by atoms with Gasteiger partial charge >= 0.3 is 0 Å². The molecule has 1 unspecified atom stereocenters. The molecule has 0 spiro atoms. The minimum Gasteiger partial charge on any atom is -0.241 e. The van der Waals surface area contributed by atoms with Crippen LogP contribution in [0.3, 0.4) is 0 Å². The average Bonchev–Trinajstić information content (AvgIpc) is 2.04. The van der Waals surface area contributed by atoms with Crippen molar-refractivity contribution in [3.63, 3.8) is 0 Å². The Balaban J connectivity index is 4.33. The van der Waals surface area contributed by atoms with Gasteiger partial charge in [0.25, 0.3) is 6.43 Å². The molecule has 0 saturated carbocycles. The highest BCUT2D eigenvalue weighted by atomic mass is 28.1. The summed E-state index contributed by atoms with van der Waals surface area (Å²) in [6, 6.07) is 0. The molecule has 0 bridgehead atoms. The standard InChI is InChI=1S/C10H17F3Si/c1-3-5-10(14,6-4-2)7-8(11)9(12)13/h3-4,8-9H,1-2,5-7H2,14H3. The number of rotatable bonds is 7. The Kier molecular flexibility index (Phi) is 5.84. The highest BCUT2D eigenvalue weighted by Gasteiger charge is 2.30. The maximum Gasteiger partial charge on any atom is 0.269 e. The molecule has 0 N–H and O–H groups in total. The summed E-state index contributed by atoms with van der Waals surface area (Å²) in [5.41, 5.74) is 0. The molecule has 0 rings (SSSR count). The van der Waals surface area contributed by atoms with Crippen LogP contribution in [0, 0.1) is 0 Å². The first-order valence-electron chi connectivity index (χ1n) is 4.59. The van der Waals surface area contributed by atoms with Crippen molar-refractivity contribution in [1.82, 2.24) is 0 Å². The van der Waals surface area contributed by atoms with Gasteiger partial charge in [-0.3, -0.25) is 0 Å². The third kappa shape index (κ3) is 4.65. The Morgan fingerprint density at radius 3 is 1.86 bits per heavy atom. The van der Waals surface area contributed by atoms with E-state index < -0.39 is 12.6 Å². The molecule has 0 radical (unpaired) electrons. The molecule has 0 aromatic carbocycles. The van der Waals surface area contributed by atoms with E-state index in [1.165, 1.54) is 0 Å². The van der Waals surface area contributed by atoms with Crippen molar-refractivity contribution in [2.45, 2.75) is 36.9 Å². The number of hydrogen-bond donors (Lipinski definition) is 0. The first-order valence-corrected chi connectivity index (χ1v) is 5.59. The molecule has 0 nitrogen and oxygen atoms in total. The van der Waals surface area contributed by atoms with E-state index in [0.29, 0.717) is 23.1 Å². The van der Waals surface area contributed by atoms with Crippen molar-refractivity contribution in [1.29, 1.82) is 0 Å². The van der Waals surface area contributed by atoms with Crippen LogP contribution in [-0.4, -0.2) is 22.8 Å². The Labute approximate surface area is 86.3 Å². The van der Waals surface area contributed by atoms with E-state index in [1.807, 2.05) is 0 Å². The van der Waals surface area contributed by atoms with E-state index in [9.17, 15) is 13.2 Å². The van der Waals surface area contributed by atoms with Crippen LogP contribution in [0.4, 0.5) is 13.2 Å². The van der Waals surface area contributed by atoms with Crippen LogP contribution in [0.1, 0.15) is 19.3 Å². The predicted octanol–water partition coefficient (Wildman–Crippen LogP) is 2.66. The molecular formula is C10H17F3Si. The van der Waals surface area contributed by atoms with E-state index in [1.54, 1.807) is 12.2 Å². The monoisotopic (exact) mass is 222 g/mol. The van der Waals surface area contributed by atoms with E-state index in [0.717, 1.165) is 0 Å². The molecule has 0 aromatic heterocycles. The van der Waals surface area contributed by atoms with Gasteiger partial charge in [0, 0.05) is 10.2 Å². The van der Waals surface area contributed by atoms with Crippen LogP contribution in [0.5, 0.6) is 0 Å². The minimum atomic E-state index is -2.88. The molecule has 0 aliphatic carbocycles. The van der Waals surface area contributed by atoms with Gasteiger partial charge in [-0.2, -0.15) is 0 Å². The van der Waals surface area contributed by atoms with Crippen LogP contribution in [0.25, 0.3) is 0 Å². The van der Waals surface area contributed by atoms with Crippen molar-refractivity contribution in [3.05, 3.63) is 25.3 Å². The van der Waals surface area contributed by atoms with Crippen LogP contribution >= 0.6 is 0 Å². The Morgan fingerprint density at radius 2 is 1.57 bits per heavy atom. The fourth-order valence-electron chi connectivity index (χ4n) is 1.51. The summed E-state index contributed by atoms with van der Waals surface area (Å²) in [4.78, 5) is 0. The van der Waals surface area contributed by atoms with Crippen molar-refractivity contribution in [2.75, 3.05) is 0 Å². The third-order valence-electron chi connectivity index (χ3n) is 2.24. The van der Waals surface area contributed by atoms with Gasteiger partial charge in [-0.05, 0) is 24.3 Å². The Morgan fingerprint density at radius 1 is 1.14 bits per heavy atom. The quantitative estimate of drug-likeness (QED) is 0.459. The van der Waals surface area contributed by atoms with Gasteiger partial charge in [0.2, 0.25) is 0 Å². The number of halogens is 3. The molecule has 82 valence electrons. The van der Waals surface area contributed by atoms with Crippen LogP contribution < -0.4 is 0 Å². The normalized spacial score (nSPS) is 14.3. The highest BCUT2D eigenvalue weighted by Crippen LogP contribution is 2.39. The van der Waals surface area contributed by atoms with Crippen LogP contribution in [-0.2, 0) is 0 Å². The molecule has 0 heterocycles. The minimum absolute atomic E-state index is 0.0884. The Hall–Kier alpha value is -0.513. The lowest BCUT2D eigenvalue weighted by Gasteiger charge is -2.28. The SMILES string of the molecule is C=CCC([SiH3])(CC=C)CC(F)C(F)F. The van der Waals surface area contributed by atoms with Gasteiger partial charge in [-0.1, -0.05) is 12.2 Å². The smallest absolute Gasteiger partial charge is 0.241 e. The molecule has 4 heteroatoms. The van der Waals surface area contributed by atoms with E-state index in [2.05, 4.69) is 13.2 Å². The zero-order valence-corrected chi connectivity index (χ0v) is 10.5. The fraction of sp³-hybridized carbons (Fsp3) is 0.600. The predicted molar refractivity (Wildman–Crippen MR) is 57.8 cm³/mol. The average molecular weight is 222 g/mol. The van der Waals surface area contributed by atoms with Crippen molar-refractivity contribution < 1.29 is 13.2 Å². The van der Waals surface area contributed by atoms with Crippen molar-refractivity contribution in [3.8, 4) is 0 Å². The lowest BCUT2D eigenvalue weighted by Crippen LogP contribution is -2.22. The summed E-state index contributed by atoms with van der Waals surface area (Å²) in [6.45, 7) is 7.12. The summed E-state index contributed by atoms with van der Waals surface area (Å²) >= 11 is 0. The van der Waals surface area contributed by atoms with Gasteiger partial charge in [0.1, 0.15) is 0 Å². The second-order valence-corrected chi connectivity index (χ2v) is 5.97. The van der Waals surface area contributed by atoms with Gasteiger partial charge in [0.15, 0.2) is 6.17 Å². The highest BCUT2D eigenvalue weighted by molar-refractivity contribution is 6.15. The summed E-state index contributed by atoms with van der Waals surface area (Å²) in [7, 11) is 0.666. The zero-order chi connectivity index (χ0) is 11.2. The molecule has 1 atom stereocenters. The van der Waals surface area contributed by atoms with Gasteiger partial charge in [-0.25, -0.2) is 13.2 Å². The lowest BCUT2D eigenvalue weighted by molar-refractivity contribution is 0.0382. The summed E-state index contributed by atoms with van der Waals surface area (Å²) in [5, 5.41) is -0.348. The summed E-state index contributed by atoms with van der Waals surface area (Å²) in [6.07, 6.45) is -0.500. The molecule has 0 amide bonds. The van der Waals surface area contributed by atoms with E-state index >= 15 is 0 Å². The summed E-state index contributed by atoms with van der Waals surface area (Å²) < 4.78 is 36.9. The molecule has 0 aromatic rings.